The zero-order chi connectivity index (χ0) is 18.8. The molecule has 0 radical (unpaired) electrons. The molecule has 0 spiro atoms. The summed E-state index contributed by atoms with van der Waals surface area (Å²) < 4.78 is 5.10. The van der Waals surface area contributed by atoms with Crippen LogP contribution in [0, 0.1) is 0 Å². The van der Waals surface area contributed by atoms with Crippen molar-refractivity contribution in [1.82, 2.24) is 10.6 Å². The first-order valence-corrected chi connectivity index (χ1v) is 8.51. The number of amides is 2. The fourth-order valence-corrected chi connectivity index (χ4v) is 2.39. The first-order chi connectivity index (χ1) is 12.6. The van der Waals surface area contributed by atoms with E-state index >= 15 is 0 Å². The average molecular weight is 356 g/mol. The van der Waals surface area contributed by atoms with Gasteiger partial charge in [-0.2, -0.15) is 0 Å². The van der Waals surface area contributed by atoms with Gasteiger partial charge in [-0.25, -0.2) is 4.79 Å². The van der Waals surface area contributed by atoms with Crippen LogP contribution < -0.4 is 10.6 Å². The summed E-state index contributed by atoms with van der Waals surface area (Å²) >= 11 is 0. The van der Waals surface area contributed by atoms with Crippen molar-refractivity contribution in [2.24, 2.45) is 0 Å². The normalized spacial score (nSPS) is 12.7. The Morgan fingerprint density at radius 1 is 0.962 bits per heavy atom. The van der Waals surface area contributed by atoms with Crippen LogP contribution in [0.2, 0.25) is 0 Å². The lowest BCUT2D eigenvalue weighted by molar-refractivity contribution is -0.123. The highest BCUT2D eigenvalue weighted by Crippen LogP contribution is 2.04. The van der Waals surface area contributed by atoms with E-state index in [9.17, 15) is 14.7 Å². The lowest BCUT2D eigenvalue weighted by atomic mass is 10.1. The number of aliphatic hydroxyl groups is 1. The van der Waals surface area contributed by atoms with Gasteiger partial charge in [0.1, 0.15) is 12.6 Å². The lowest BCUT2D eigenvalue weighted by Gasteiger charge is -2.20. The molecule has 0 aromatic heterocycles. The predicted molar refractivity (Wildman–Crippen MR) is 98.4 cm³/mol. The van der Waals surface area contributed by atoms with E-state index < -0.39 is 18.2 Å². The number of hydrogen-bond donors (Lipinski definition) is 3. The van der Waals surface area contributed by atoms with Gasteiger partial charge < -0.3 is 20.5 Å². The minimum absolute atomic E-state index is 0.133. The first-order valence-electron chi connectivity index (χ1n) is 8.51. The lowest BCUT2D eigenvalue weighted by Crippen LogP contribution is -2.49. The summed E-state index contributed by atoms with van der Waals surface area (Å²) in [6.45, 7) is 1.51. The van der Waals surface area contributed by atoms with Crippen LogP contribution in [0.5, 0.6) is 0 Å². The Bertz CT molecular complexity index is 691. The maximum absolute atomic E-state index is 12.2. The van der Waals surface area contributed by atoms with Gasteiger partial charge in [0.2, 0.25) is 5.91 Å². The Morgan fingerprint density at radius 3 is 2.12 bits per heavy atom. The van der Waals surface area contributed by atoms with Crippen LogP contribution in [-0.2, 0) is 22.6 Å². The molecule has 6 nitrogen and oxygen atoms in total. The summed E-state index contributed by atoms with van der Waals surface area (Å²) in [5, 5.41) is 14.7. The number of nitrogens with one attached hydrogen (secondary N) is 2. The van der Waals surface area contributed by atoms with Crippen molar-refractivity contribution in [3.63, 3.8) is 0 Å². The van der Waals surface area contributed by atoms with E-state index in [1.165, 1.54) is 0 Å². The van der Waals surface area contributed by atoms with Gasteiger partial charge in [0.15, 0.2) is 0 Å². The number of carbonyl (C=O) groups is 2. The molecule has 0 saturated heterocycles. The Morgan fingerprint density at radius 2 is 1.54 bits per heavy atom. The van der Waals surface area contributed by atoms with Gasteiger partial charge in [-0.15, -0.1) is 0 Å². The van der Waals surface area contributed by atoms with E-state index in [0.717, 1.165) is 11.1 Å². The van der Waals surface area contributed by atoms with E-state index in [4.69, 9.17) is 4.74 Å². The molecule has 26 heavy (non-hydrogen) atoms. The molecule has 0 bridgehead atoms. The molecule has 0 heterocycles. The van der Waals surface area contributed by atoms with Gasteiger partial charge in [0.25, 0.3) is 0 Å². The van der Waals surface area contributed by atoms with E-state index in [1.807, 2.05) is 60.7 Å². The Kier molecular flexibility index (Phi) is 7.64. The van der Waals surface area contributed by atoms with Crippen LogP contribution in [-0.4, -0.2) is 35.8 Å². The molecule has 0 aliphatic rings. The highest BCUT2D eigenvalue weighted by atomic mass is 16.5. The smallest absolute Gasteiger partial charge is 0.408 e. The number of rotatable bonds is 8. The molecule has 2 amide bonds. The van der Waals surface area contributed by atoms with Gasteiger partial charge in [-0.1, -0.05) is 60.7 Å². The topological polar surface area (TPSA) is 87.7 Å². The number of benzene rings is 2. The van der Waals surface area contributed by atoms with Gasteiger partial charge in [0, 0.05) is 0 Å². The number of aliphatic hydroxyl groups excluding tert-OH is 1. The molecule has 2 rings (SSSR count). The Balaban J connectivity index is 1.77. The van der Waals surface area contributed by atoms with E-state index in [-0.39, 0.29) is 19.1 Å². The molecular formula is C20H24N2O4. The van der Waals surface area contributed by atoms with Crippen LogP contribution in [0.4, 0.5) is 4.79 Å². The molecule has 0 unspecified atom stereocenters. The Labute approximate surface area is 153 Å². The molecule has 0 fully saturated rings. The van der Waals surface area contributed by atoms with Crippen molar-refractivity contribution < 1.29 is 19.4 Å². The van der Waals surface area contributed by atoms with Crippen molar-refractivity contribution >= 4 is 12.0 Å². The van der Waals surface area contributed by atoms with Crippen LogP contribution in [0.3, 0.4) is 0 Å². The van der Waals surface area contributed by atoms with Crippen molar-refractivity contribution in [3.8, 4) is 0 Å². The Hall–Kier alpha value is -2.86. The third-order valence-corrected chi connectivity index (χ3v) is 3.83. The second kappa shape index (κ2) is 10.2. The summed E-state index contributed by atoms with van der Waals surface area (Å²) in [6.07, 6.45) is -0.158. The summed E-state index contributed by atoms with van der Waals surface area (Å²) in [4.78, 5) is 24.0. The van der Waals surface area contributed by atoms with Crippen molar-refractivity contribution in [3.05, 3.63) is 71.8 Å². The van der Waals surface area contributed by atoms with Gasteiger partial charge in [0.05, 0.1) is 12.6 Å². The maximum Gasteiger partial charge on any atom is 0.408 e. The van der Waals surface area contributed by atoms with Crippen molar-refractivity contribution in [1.29, 1.82) is 0 Å². The summed E-state index contributed by atoms with van der Waals surface area (Å²) in [7, 11) is 0. The average Bonchev–Trinajstić information content (AvgIpc) is 2.67. The molecule has 138 valence electrons. The van der Waals surface area contributed by atoms with Gasteiger partial charge >= 0.3 is 6.09 Å². The van der Waals surface area contributed by atoms with Crippen LogP contribution in [0.25, 0.3) is 0 Å². The minimum Gasteiger partial charge on any atom is -0.445 e. The molecule has 0 saturated carbocycles. The SMILES string of the molecule is C[C@H](NC(=O)OCc1ccccc1)C(=O)N[C@H](CO)Cc1ccccc1. The first kappa shape index (κ1) is 19.5. The number of alkyl carbamates (subject to hydrolysis) is 1. The maximum atomic E-state index is 12.2. The predicted octanol–water partition coefficient (Wildman–Crippen LogP) is 2.02. The molecule has 2 aromatic carbocycles. The summed E-state index contributed by atoms with van der Waals surface area (Å²) in [5.41, 5.74) is 1.87. The summed E-state index contributed by atoms with van der Waals surface area (Å²) in [6, 6.07) is 17.6. The highest BCUT2D eigenvalue weighted by Gasteiger charge is 2.19. The number of ether oxygens (including phenoxy) is 1. The van der Waals surface area contributed by atoms with E-state index in [2.05, 4.69) is 10.6 Å². The molecule has 0 aliphatic carbocycles. The second-order valence-electron chi connectivity index (χ2n) is 6.01. The van der Waals surface area contributed by atoms with Gasteiger partial charge in [-0.05, 0) is 24.5 Å². The quantitative estimate of drug-likeness (QED) is 0.675. The van der Waals surface area contributed by atoms with Gasteiger partial charge in [-0.3, -0.25) is 4.79 Å². The van der Waals surface area contributed by atoms with Crippen LogP contribution in [0.15, 0.2) is 60.7 Å². The standard InChI is InChI=1S/C20H24N2O4/c1-15(21-20(25)26-14-17-10-6-3-7-11-17)19(24)22-18(13-23)12-16-8-4-2-5-9-16/h2-11,15,18,23H,12-14H2,1H3,(H,21,25)(H,22,24)/t15-,18-/m0/s1. The number of hydrogen-bond acceptors (Lipinski definition) is 4. The highest BCUT2D eigenvalue weighted by molar-refractivity contribution is 5.85. The molecular weight excluding hydrogens is 332 g/mol. The molecule has 3 N–H and O–H groups in total. The molecule has 0 aliphatic heterocycles. The fourth-order valence-electron chi connectivity index (χ4n) is 2.39. The second-order valence-corrected chi connectivity index (χ2v) is 6.01. The zero-order valence-corrected chi connectivity index (χ0v) is 14.7. The van der Waals surface area contributed by atoms with Crippen LogP contribution >= 0.6 is 0 Å². The monoisotopic (exact) mass is 356 g/mol. The fraction of sp³-hybridized carbons (Fsp3) is 0.300. The largest absolute Gasteiger partial charge is 0.445 e. The van der Waals surface area contributed by atoms with Crippen molar-refractivity contribution in [2.45, 2.75) is 32.0 Å². The van der Waals surface area contributed by atoms with Crippen LogP contribution in [0.1, 0.15) is 18.1 Å². The third kappa shape index (κ3) is 6.57. The third-order valence-electron chi connectivity index (χ3n) is 3.83. The minimum atomic E-state index is -0.775. The molecule has 6 heteroatoms. The molecule has 2 aromatic rings. The van der Waals surface area contributed by atoms with Crippen molar-refractivity contribution in [2.75, 3.05) is 6.61 Å². The zero-order valence-electron chi connectivity index (χ0n) is 14.7. The van der Waals surface area contributed by atoms with E-state index in [1.54, 1.807) is 6.92 Å². The molecule has 2 atom stereocenters. The summed E-state index contributed by atoms with van der Waals surface area (Å²) in [5.74, 6) is -0.378. The number of carbonyl (C=O) groups excluding carboxylic acids is 2. The van der Waals surface area contributed by atoms with E-state index in [0.29, 0.717) is 6.42 Å².